The number of nitrogen functional groups attached to an aromatic ring is 1. The molecule has 0 fully saturated rings. The van der Waals surface area contributed by atoms with E-state index in [2.05, 4.69) is 18.8 Å². The lowest BCUT2D eigenvalue weighted by Gasteiger charge is -2.07. The summed E-state index contributed by atoms with van der Waals surface area (Å²) in [4.78, 5) is 4.62. The molecule has 0 unspecified atom stereocenters. The molecule has 0 atom stereocenters. The summed E-state index contributed by atoms with van der Waals surface area (Å²) in [5.41, 5.74) is 7.55. The van der Waals surface area contributed by atoms with Crippen LogP contribution in [0.5, 0.6) is 5.75 Å². The largest absolute Gasteiger partial charge is 0.494 e. The molecule has 1 aromatic heterocycles. The van der Waals surface area contributed by atoms with E-state index in [0.29, 0.717) is 17.1 Å². The zero-order valence-electron chi connectivity index (χ0n) is 12.8. The lowest BCUT2D eigenvalue weighted by atomic mass is 10.1. The molecule has 0 amide bonds. The fourth-order valence-electron chi connectivity index (χ4n) is 2.43. The van der Waals surface area contributed by atoms with E-state index in [0.717, 1.165) is 31.6 Å². The highest BCUT2D eigenvalue weighted by Gasteiger charge is 2.16. The summed E-state index contributed by atoms with van der Waals surface area (Å²) in [6.07, 6.45) is 2.84. The van der Waals surface area contributed by atoms with Gasteiger partial charge in [0.15, 0.2) is 11.6 Å². The lowest BCUT2D eigenvalue weighted by Crippen LogP contribution is -2.06. The average Bonchev–Trinajstić information content (AvgIpc) is 2.77. The fraction of sp³-hybridized carbons (Fsp3) is 0.438. The van der Waals surface area contributed by atoms with Crippen molar-refractivity contribution in [2.45, 2.75) is 39.7 Å². The molecule has 0 saturated heterocycles. The van der Waals surface area contributed by atoms with Gasteiger partial charge in [-0.25, -0.2) is 9.37 Å². The number of anilines is 1. The average molecular weight is 291 g/mol. The number of nitrogens with zero attached hydrogens (tertiary/aromatic N) is 2. The molecule has 0 aliphatic heterocycles. The Bertz CT molecular complexity index is 622. The van der Waals surface area contributed by atoms with Crippen molar-refractivity contribution < 1.29 is 9.13 Å². The normalized spacial score (nSPS) is 10.9. The third-order valence-electron chi connectivity index (χ3n) is 3.43. The molecule has 1 heterocycles. The molecule has 0 aliphatic carbocycles. The van der Waals surface area contributed by atoms with Crippen LogP contribution in [0.2, 0.25) is 0 Å². The lowest BCUT2D eigenvalue weighted by molar-refractivity contribution is 0.386. The van der Waals surface area contributed by atoms with Crippen LogP contribution in [0.25, 0.3) is 11.3 Å². The maximum absolute atomic E-state index is 13.9. The summed E-state index contributed by atoms with van der Waals surface area (Å²) < 4.78 is 20.8. The minimum absolute atomic E-state index is 0.221. The number of nitrogens with two attached hydrogens (primary N) is 1. The molecule has 2 N–H and O–H groups in total. The van der Waals surface area contributed by atoms with Crippen molar-refractivity contribution in [3.63, 3.8) is 0 Å². The van der Waals surface area contributed by atoms with Crippen molar-refractivity contribution in [1.82, 2.24) is 9.55 Å². The summed E-state index contributed by atoms with van der Waals surface area (Å²) in [7, 11) is 1.45. The predicted octanol–water partition coefficient (Wildman–Crippen LogP) is 3.64. The Morgan fingerprint density at radius 1 is 1.29 bits per heavy atom. The number of imidazole rings is 1. The maximum Gasteiger partial charge on any atom is 0.165 e. The number of hydrogen-bond acceptors (Lipinski definition) is 3. The second-order valence-electron chi connectivity index (χ2n) is 5.01. The van der Waals surface area contributed by atoms with Crippen LogP contribution < -0.4 is 10.5 Å². The first kappa shape index (κ1) is 15.4. The topological polar surface area (TPSA) is 53.1 Å². The van der Waals surface area contributed by atoms with Crippen LogP contribution in [-0.2, 0) is 13.0 Å². The van der Waals surface area contributed by atoms with Gasteiger partial charge in [-0.2, -0.15) is 0 Å². The second-order valence-corrected chi connectivity index (χ2v) is 5.01. The van der Waals surface area contributed by atoms with Crippen LogP contribution in [0.4, 0.5) is 10.2 Å². The summed E-state index contributed by atoms with van der Waals surface area (Å²) in [5, 5.41) is 0. The van der Waals surface area contributed by atoms with E-state index in [1.165, 1.54) is 13.2 Å². The van der Waals surface area contributed by atoms with E-state index < -0.39 is 5.82 Å². The van der Waals surface area contributed by atoms with Gasteiger partial charge in [-0.1, -0.05) is 13.8 Å². The number of rotatable bonds is 6. The van der Waals surface area contributed by atoms with Crippen molar-refractivity contribution in [3.8, 4) is 17.0 Å². The highest BCUT2D eigenvalue weighted by Crippen LogP contribution is 2.30. The standard InChI is InChI=1S/C16H22FN3O/c1-4-6-14-19-15(16(18)20(14)9-5-2)11-7-8-13(21-3)12(17)10-11/h7-8,10H,4-6,9,18H2,1-3H3. The minimum atomic E-state index is -0.406. The number of benzene rings is 1. The Hall–Kier alpha value is -2.04. The highest BCUT2D eigenvalue weighted by atomic mass is 19.1. The Labute approximate surface area is 124 Å². The molecule has 21 heavy (non-hydrogen) atoms. The SMILES string of the molecule is CCCc1nc(-c2ccc(OC)c(F)c2)c(N)n1CCC. The number of halogens is 1. The highest BCUT2D eigenvalue weighted by molar-refractivity contribution is 5.71. The molecule has 0 radical (unpaired) electrons. The Balaban J connectivity index is 2.48. The molecule has 4 nitrogen and oxygen atoms in total. The molecular weight excluding hydrogens is 269 g/mol. The number of ether oxygens (including phenoxy) is 1. The first-order valence-electron chi connectivity index (χ1n) is 7.31. The van der Waals surface area contributed by atoms with Gasteiger partial charge in [0.05, 0.1) is 7.11 Å². The summed E-state index contributed by atoms with van der Waals surface area (Å²) in [5.74, 6) is 1.38. The van der Waals surface area contributed by atoms with Gasteiger partial charge in [-0.15, -0.1) is 0 Å². The molecule has 0 saturated carbocycles. The van der Waals surface area contributed by atoms with Crippen molar-refractivity contribution in [3.05, 3.63) is 29.8 Å². The molecule has 2 aromatic rings. The molecule has 5 heteroatoms. The third-order valence-corrected chi connectivity index (χ3v) is 3.43. The minimum Gasteiger partial charge on any atom is -0.494 e. The zero-order chi connectivity index (χ0) is 15.4. The van der Waals surface area contributed by atoms with E-state index in [9.17, 15) is 4.39 Å². The van der Waals surface area contributed by atoms with E-state index in [1.54, 1.807) is 12.1 Å². The van der Waals surface area contributed by atoms with Crippen molar-refractivity contribution in [2.24, 2.45) is 0 Å². The van der Waals surface area contributed by atoms with Crippen LogP contribution in [-0.4, -0.2) is 16.7 Å². The zero-order valence-corrected chi connectivity index (χ0v) is 12.8. The van der Waals surface area contributed by atoms with Crippen molar-refractivity contribution in [1.29, 1.82) is 0 Å². The van der Waals surface area contributed by atoms with Gasteiger partial charge < -0.3 is 15.0 Å². The fourth-order valence-corrected chi connectivity index (χ4v) is 2.43. The van der Waals surface area contributed by atoms with Crippen molar-refractivity contribution in [2.75, 3.05) is 12.8 Å². The second kappa shape index (κ2) is 6.61. The van der Waals surface area contributed by atoms with Crippen molar-refractivity contribution >= 4 is 5.82 Å². The van der Waals surface area contributed by atoms with Gasteiger partial charge in [0.1, 0.15) is 17.3 Å². The van der Waals surface area contributed by atoms with Crippen LogP contribution in [0.3, 0.4) is 0 Å². The van der Waals surface area contributed by atoms with E-state index in [-0.39, 0.29) is 5.75 Å². The molecule has 1 aromatic carbocycles. The molecule has 0 bridgehead atoms. The Morgan fingerprint density at radius 2 is 2.05 bits per heavy atom. The molecule has 0 aliphatic rings. The van der Waals surface area contributed by atoms with Crippen LogP contribution in [0.15, 0.2) is 18.2 Å². The number of hydrogen-bond donors (Lipinski definition) is 1. The molecular formula is C16H22FN3O. The van der Waals surface area contributed by atoms with Crippen LogP contribution in [0.1, 0.15) is 32.5 Å². The van der Waals surface area contributed by atoms with Gasteiger partial charge in [-0.3, -0.25) is 0 Å². The van der Waals surface area contributed by atoms with Gasteiger partial charge in [0, 0.05) is 18.5 Å². The van der Waals surface area contributed by atoms with Crippen LogP contribution in [0, 0.1) is 5.82 Å². The monoisotopic (exact) mass is 291 g/mol. The molecule has 0 spiro atoms. The first-order chi connectivity index (χ1) is 10.1. The van der Waals surface area contributed by atoms with E-state index in [4.69, 9.17) is 10.5 Å². The summed E-state index contributed by atoms with van der Waals surface area (Å²) in [6.45, 7) is 5.03. The first-order valence-corrected chi connectivity index (χ1v) is 7.31. The van der Waals surface area contributed by atoms with Gasteiger partial charge in [-0.05, 0) is 31.0 Å². The number of methoxy groups -OCH3 is 1. The van der Waals surface area contributed by atoms with Gasteiger partial charge in [0.2, 0.25) is 0 Å². The smallest absolute Gasteiger partial charge is 0.165 e. The maximum atomic E-state index is 13.9. The van der Waals surface area contributed by atoms with E-state index in [1.807, 2.05) is 4.57 Å². The van der Waals surface area contributed by atoms with Gasteiger partial charge >= 0.3 is 0 Å². The van der Waals surface area contributed by atoms with Gasteiger partial charge in [0.25, 0.3) is 0 Å². The summed E-state index contributed by atoms with van der Waals surface area (Å²) >= 11 is 0. The third kappa shape index (κ3) is 3.01. The number of aromatic nitrogens is 2. The predicted molar refractivity (Wildman–Crippen MR) is 82.9 cm³/mol. The molecule has 2 rings (SSSR count). The Morgan fingerprint density at radius 3 is 2.62 bits per heavy atom. The Kier molecular flexibility index (Phi) is 4.83. The van der Waals surface area contributed by atoms with Crippen LogP contribution >= 0.6 is 0 Å². The quantitative estimate of drug-likeness (QED) is 0.884. The summed E-state index contributed by atoms with van der Waals surface area (Å²) in [6, 6.07) is 4.80. The molecule has 114 valence electrons. The number of aryl methyl sites for hydroxylation is 1. The van der Waals surface area contributed by atoms with E-state index >= 15 is 0 Å².